The van der Waals surface area contributed by atoms with Crippen LogP contribution in [0, 0.1) is 18.8 Å². The van der Waals surface area contributed by atoms with Crippen LogP contribution in [0.3, 0.4) is 0 Å². The van der Waals surface area contributed by atoms with Crippen molar-refractivity contribution in [2.45, 2.75) is 26.8 Å². The second-order valence-electron chi connectivity index (χ2n) is 2.98. The van der Waals surface area contributed by atoms with Gasteiger partial charge in [0.05, 0.1) is 12.6 Å². The van der Waals surface area contributed by atoms with E-state index in [1.54, 1.807) is 0 Å². The second-order valence-corrected chi connectivity index (χ2v) is 2.98. The fourth-order valence-electron chi connectivity index (χ4n) is 1.08. The van der Waals surface area contributed by atoms with Crippen molar-refractivity contribution in [1.82, 2.24) is 5.32 Å². The maximum absolute atomic E-state index is 5.47. The molecule has 2 heteroatoms. The van der Waals surface area contributed by atoms with E-state index < -0.39 is 0 Å². The van der Waals surface area contributed by atoms with Crippen molar-refractivity contribution in [1.29, 1.82) is 0 Å². The molecular formula is C11H15NO. The minimum absolute atomic E-state index is 0.231. The van der Waals surface area contributed by atoms with Crippen molar-refractivity contribution >= 4 is 0 Å². The van der Waals surface area contributed by atoms with Crippen LogP contribution in [0.2, 0.25) is 0 Å². The highest BCUT2D eigenvalue weighted by Crippen LogP contribution is 2.14. The molecule has 1 aromatic rings. The number of hydrogen-bond donors (Lipinski definition) is 1. The molecule has 1 heterocycles. The molecule has 0 aliphatic rings. The van der Waals surface area contributed by atoms with Gasteiger partial charge >= 0.3 is 0 Å². The average Bonchev–Trinajstić information content (AvgIpc) is 2.52. The van der Waals surface area contributed by atoms with E-state index in [1.165, 1.54) is 0 Å². The van der Waals surface area contributed by atoms with E-state index in [-0.39, 0.29) is 6.04 Å². The van der Waals surface area contributed by atoms with Gasteiger partial charge in [0, 0.05) is 0 Å². The topological polar surface area (TPSA) is 25.2 Å². The first-order valence-electron chi connectivity index (χ1n) is 4.43. The Hall–Kier alpha value is -1.20. The summed E-state index contributed by atoms with van der Waals surface area (Å²) in [5.74, 6) is 7.71. The number of aryl methyl sites for hydroxylation is 1. The lowest BCUT2D eigenvalue weighted by Gasteiger charge is -2.07. The Bertz CT molecular complexity index is 316. The van der Waals surface area contributed by atoms with Crippen LogP contribution < -0.4 is 5.32 Å². The zero-order chi connectivity index (χ0) is 9.68. The van der Waals surface area contributed by atoms with Crippen LogP contribution in [-0.2, 0) is 0 Å². The molecule has 0 amide bonds. The van der Waals surface area contributed by atoms with Gasteiger partial charge in [0.1, 0.15) is 11.5 Å². The summed E-state index contributed by atoms with van der Waals surface area (Å²) in [6, 6.07) is 4.19. The Labute approximate surface area is 79.3 Å². The van der Waals surface area contributed by atoms with Gasteiger partial charge in [-0.1, -0.05) is 5.92 Å². The van der Waals surface area contributed by atoms with Gasteiger partial charge in [-0.15, -0.1) is 5.92 Å². The maximum atomic E-state index is 5.47. The Kier molecular flexibility index (Phi) is 3.60. The predicted molar refractivity (Wildman–Crippen MR) is 53.3 cm³/mol. The molecule has 1 aromatic heterocycles. The van der Waals surface area contributed by atoms with Gasteiger partial charge in [-0.3, -0.25) is 5.32 Å². The van der Waals surface area contributed by atoms with Crippen molar-refractivity contribution < 1.29 is 4.42 Å². The molecule has 0 aromatic carbocycles. The monoisotopic (exact) mass is 177 g/mol. The molecule has 0 aliphatic heterocycles. The molecule has 1 atom stereocenters. The molecule has 0 radical (unpaired) electrons. The summed E-state index contributed by atoms with van der Waals surface area (Å²) >= 11 is 0. The molecule has 13 heavy (non-hydrogen) atoms. The SMILES string of the molecule is CC#CCNC(C)c1ccc(C)o1. The van der Waals surface area contributed by atoms with Gasteiger partial charge in [0.15, 0.2) is 0 Å². The van der Waals surface area contributed by atoms with Crippen LogP contribution in [0.1, 0.15) is 31.4 Å². The summed E-state index contributed by atoms with van der Waals surface area (Å²) in [4.78, 5) is 0. The van der Waals surface area contributed by atoms with Gasteiger partial charge in [0.2, 0.25) is 0 Å². The van der Waals surface area contributed by atoms with Crippen LogP contribution in [0.15, 0.2) is 16.5 Å². The van der Waals surface area contributed by atoms with Crippen LogP contribution in [0.4, 0.5) is 0 Å². The van der Waals surface area contributed by atoms with Crippen LogP contribution in [0.25, 0.3) is 0 Å². The number of nitrogens with one attached hydrogen (secondary N) is 1. The lowest BCUT2D eigenvalue weighted by atomic mass is 10.2. The first kappa shape index (κ1) is 9.88. The van der Waals surface area contributed by atoms with Gasteiger partial charge in [-0.25, -0.2) is 0 Å². The van der Waals surface area contributed by atoms with E-state index in [2.05, 4.69) is 24.1 Å². The molecule has 1 unspecified atom stereocenters. The van der Waals surface area contributed by atoms with Crippen molar-refractivity contribution in [3.05, 3.63) is 23.7 Å². The Morgan fingerprint density at radius 1 is 1.54 bits per heavy atom. The number of rotatable bonds is 3. The molecule has 70 valence electrons. The van der Waals surface area contributed by atoms with Crippen LogP contribution in [-0.4, -0.2) is 6.54 Å². The molecule has 0 aliphatic carbocycles. The van der Waals surface area contributed by atoms with Crippen molar-refractivity contribution in [2.24, 2.45) is 0 Å². The van der Waals surface area contributed by atoms with E-state index in [0.717, 1.165) is 11.5 Å². The summed E-state index contributed by atoms with van der Waals surface area (Å²) in [6.45, 7) is 6.55. The fourth-order valence-corrected chi connectivity index (χ4v) is 1.08. The lowest BCUT2D eigenvalue weighted by Crippen LogP contribution is -2.18. The smallest absolute Gasteiger partial charge is 0.120 e. The first-order valence-corrected chi connectivity index (χ1v) is 4.43. The van der Waals surface area contributed by atoms with Crippen molar-refractivity contribution in [3.8, 4) is 11.8 Å². The van der Waals surface area contributed by atoms with E-state index in [0.29, 0.717) is 6.54 Å². The molecule has 1 N–H and O–H groups in total. The van der Waals surface area contributed by atoms with E-state index in [1.807, 2.05) is 26.0 Å². The zero-order valence-electron chi connectivity index (χ0n) is 8.35. The summed E-state index contributed by atoms with van der Waals surface area (Å²) in [5, 5.41) is 3.25. The predicted octanol–water partition coefficient (Wildman–Crippen LogP) is 2.26. The van der Waals surface area contributed by atoms with Gasteiger partial charge in [-0.2, -0.15) is 0 Å². The van der Waals surface area contributed by atoms with Crippen LogP contribution >= 0.6 is 0 Å². The first-order chi connectivity index (χ1) is 6.24. The largest absolute Gasteiger partial charge is 0.465 e. The third-order valence-corrected chi connectivity index (χ3v) is 1.86. The summed E-state index contributed by atoms with van der Waals surface area (Å²) < 4.78 is 5.47. The second kappa shape index (κ2) is 4.74. The molecule has 0 saturated carbocycles. The highest BCUT2D eigenvalue weighted by Gasteiger charge is 2.06. The van der Waals surface area contributed by atoms with Gasteiger partial charge in [-0.05, 0) is 32.9 Å². The number of hydrogen-bond acceptors (Lipinski definition) is 2. The quantitative estimate of drug-likeness (QED) is 0.716. The highest BCUT2D eigenvalue weighted by atomic mass is 16.3. The van der Waals surface area contributed by atoms with E-state index >= 15 is 0 Å². The Morgan fingerprint density at radius 2 is 2.31 bits per heavy atom. The standard InChI is InChI=1S/C11H15NO/c1-4-5-8-12-10(3)11-7-6-9(2)13-11/h6-7,10,12H,8H2,1-3H3. The molecule has 0 fully saturated rings. The van der Waals surface area contributed by atoms with Crippen molar-refractivity contribution in [3.63, 3.8) is 0 Å². The minimum atomic E-state index is 0.231. The minimum Gasteiger partial charge on any atom is -0.465 e. The lowest BCUT2D eigenvalue weighted by molar-refractivity contribution is 0.426. The molecule has 1 rings (SSSR count). The molecule has 0 spiro atoms. The molecule has 2 nitrogen and oxygen atoms in total. The average molecular weight is 177 g/mol. The van der Waals surface area contributed by atoms with E-state index in [9.17, 15) is 0 Å². The Balaban J connectivity index is 2.47. The maximum Gasteiger partial charge on any atom is 0.120 e. The third kappa shape index (κ3) is 2.96. The highest BCUT2D eigenvalue weighted by molar-refractivity contribution is 5.09. The summed E-state index contributed by atoms with van der Waals surface area (Å²) in [7, 11) is 0. The molecule has 0 bridgehead atoms. The molecular weight excluding hydrogens is 162 g/mol. The van der Waals surface area contributed by atoms with Gasteiger partial charge in [0.25, 0.3) is 0 Å². The normalized spacial score (nSPS) is 11.9. The Morgan fingerprint density at radius 3 is 2.85 bits per heavy atom. The third-order valence-electron chi connectivity index (χ3n) is 1.86. The summed E-state index contributed by atoms with van der Waals surface area (Å²) in [5.41, 5.74) is 0. The van der Waals surface area contributed by atoms with Gasteiger partial charge < -0.3 is 4.42 Å². The van der Waals surface area contributed by atoms with E-state index in [4.69, 9.17) is 4.42 Å². The van der Waals surface area contributed by atoms with Crippen LogP contribution in [0.5, 0.6) is 0 Å². The zero-order valence-corrected chi connectivity index (χ0v) is 8.35. The molecule has 0 saturated heterocycles. The summed E-state index contributed by atoms with van der Waals surface area (Å²) in [6.07, 6.45) is 0. The number of furan rings is 1. The fraction of sp³-hybridized carbons (Fsp3) is 0.455. The van der Waals surface area contributed by atoms with Crippen molar-refractivity contribution in [2.75, 3.05) is 6.54 Å².